The normalized spacial score (nSPS) is 28.6. The van der Waals surface area contributed by atoms with Gasteiger partial charge in [0, 0.05) is 12.2 Å². The summed E-state index contributed by atoms with van der Waals surface area (Å²) in [6.45, 7) is 15.5. The summed E-state index contributed by atoms with van der Waals surface area (Å²) >= 11 is 0. The van der Waals surface area contributed by atoms with Crippen molar-refractivity contribution in [3.8, 4) is 0 Å². The molecule has 3 heterocycles. The number of esters is 1. The third-order valence-electron chi connectivity index (χ3n) is 8.89. The zero-order valence-corrected chi connectivity index (χ0v) is 23.6. The third kappa shape index (κ3) is 4.82. The van der Waals surface area contributed by atoms with Crippen LogP contribution in [-0.2, 0) is 23.9 Å². The van der Waals surface area contributed by atoms with Crippen molar-refractivity contribution in [1.82, 2.24) is 4.90 Å². The van der Waals surface area contributed by atoms with Crippen molar-refractivity contribution in [2.24, 2.45) is 17.8 Å². The Kier molecular flexibility index (Phi) is 8.66. The number of rotatable bonds is 12. The van der Waals surface area contributed by atoms with Crippen LogP contribution in [-0.4, -0.2) is 71.3 Å². The van der Waals surface area contributed by atoms with Gasteiger partial charge in [-0.15, -0.1) is 13.2 Å². The van der Waals surface area contributed by atoms with Crippen LogP contribution < -0.4 is 4.90 Å². The molecule has 0 saturated carbocycles. The Hall–Kier alpha value is -2.97. The Balaban J connectivity index is 1.82. The SMILES string of the molecule is C=CCCOC(=O)[C@@H]1[C@H]2C(=O)N([C@@H](CO)[C@@H](C)CC)C(C(=O)N(CC=C)c3cc(C)ccc3C)C23CC[C@H]1O3. The highest BCUT2D eigenvalue weighted by atomic mass is 16.6. The van der Waals surface area contributed by atoms with Crippen molar-refractivity contribution < 1.29 is 29.0 Å². The van der Waals surface area contributed by atoms with E-state index >= 15 is 0 Å². The standard InChI is InChI=1S/C31H42N2O6/c1-7-10-16-38-30(37)25-24-13-14-31(39-24)26(25)28(35)33(23(18-34)20(5)9-3)27(31)29(36)32(15-8-2)22-17-19(4)11-12-21(22)6/h7-8,11-12,17,20,23-27,34H,1-2,9-10,13-16,18H2,3-6H3/t20-,23-,24+,25-,26-,27?,31?/m0/s1. The number of benzene rings is 1. The van der Waals surface area contributed by atoms with Crippen LogP contribution in [0.2, 0.25) is 0 Å². The number of amides is 2. The molecule has 8 heteroatoms. The lowest BCUT2D eigenvalue weighted by Crippen LogP contribution is -2.60. The van der Waals surface area contributed by atoms with E-state index < -0.39 is 41.6 Å². The Morgan fingerprint density at radius 2 is 2.05 bits per heavy atom. The van der Waals surface area contributed by atoms with Gasteiger partial charge in [0.2, 0.25) is 5.91 Å². The van der Waals surface area contributed by atoms with Gasteiger partial charge in [-0.25, -0.2) is 0 Å². The molecule has 1 N–H and O–H groups in total. The number of ether oxygens (including phenoxy) is 2. The third-order valence-corrected chi connectivity index (χ3v) is 8.89. The summed E-state index contributed by atoms with van der Waals surface area (Å²) in [6.07, 6.45) is 5.10. The van der Waals surface area contributed by atoms with E-state index in [4.69, 9.17) is 9.47 Å². The van der Waals surface area contributed by atoms with Gasteiger partial charge in [0.15, 0.2) is 0 Å². The zero-order valence-electron chi connectivity index (χ0n) is 23.6. The molecule has 7 atom stereocenters. The van der Waals surface area contributed by atoms with Crippen molar-refractivity contribution in [1.29, 1.82) is 0 Å². The zero-order chi connectivity index (χ0) is 28.5. The van der Waals surface area contributed by atoms with Crippen molar-refractivity contribution in [3.63, 3.8) is 0 Å². The second-order valence-electron chi connectivity index (χ2n) is 11.2. The molecular weight excluding hydrogens is 496 g/mol. The van der Waals surface area contributed by atoms with E-state index in [1.807, 2.05) is 45.9 Å². The highest BCUT2D eigenvalue weighted by Crippen LogP contribution is 2.59. The molecule has 1 aromatic rings. The summed E-state index contributed by atoms with van der Waals surface area (Å²) in [6, 6.07) is 4.33. The van der Waals surface area contributed by atoms with Gasteiger partial charge in [-0.05, 0) is 56.2 Å². The van der Waals surface area contributed by atoms with Crippen LogP contribution in [0.25, 0.3) is 0 Å². The van der Waals surface area contributed by atoms with E-state index in [2.05, 4.69) is 13.2 Å². The molecule has 3 saturated heterocycles. The number of hydrogen-bond acceptors (Lipinski definition) is 6. The first-order valence-corrected chi connectivity index (χ1v) is 14.0. The fourth-order valence-electron chi connectivity index (χ4n) is 6.74. The molecule has 2 unspecified atom stereocenters. The van der Waals surface area contributed by atoms with Crippen LogP contribution in [0.3, 0.4) is 0 Å². The Labute approximate surface area is 231 Å². The van der Waals surface area contributed by atoms with E-state index in [9.17, 15) is 19.5 Å². The van der Waals surface area contributed by atoms with Crippen LogP contribution in [0, 0.1) is 31.6 Å². The molecule has 2 bridgehead atoms. The van der Waals surface area contributed by atoms with E-state index in [0.717, 1.165) is 16.8 Å². The molecule has 1 aromatic carbocycles. The number of hydrogen-bond donors (Lipinski definition) is 1. The molecular formula is C31H42N2O6. The number of nitrogens with zero attached hydrogens (tertiary/aromatic N) is 2. The molecule has 0 aliphatic carbocycles. The number of carbonyl (C=O) groups is 3. The summed E-state index contributed by atoms with van der Waals surface area (Å²) in [5, 5.41) is 10.5. The first-order valence-electron chi connectivity index (χ1n) is 14.0. The summed E-state index contributed by atoms with van der Waals surface area (Å²) in [5.74, 6) is -2.79. The summed E-state index contributed by atoms with van der Waals surface area (Å²) in [5.41, 5.74) is 1.49. The van der Waals surface area contributed by atoms with Crippen LogP contribution in [0.1, 0.15) is 50.7 Å². The number of anilines is 1. The molecule has 3 fully saturated rings. The maximum atomic E-state index is 14.7. The number of aryl methyl sites for hydroxylation is 2. The van der Waals surface area contributed by atoms with Crippen LogP contribution >= 0.6 is 0 Å². The molecule has 39 heavy (non-hydrogen) atoms. The summed E-state index contributed by atoms with van der Waals surface area (Å²) in [7, 11) is 0. The molecule has 0 aromatic heterocycles. The minimum atomic E-state index is -1.17. The number of aliphatic hydroxyl groups excluding tert-OH is 1. The van der Waals surface area contributed by atoms with E-state index in [1.54, 1.807) is 22.0 Å². The van der Waals surface area contributed by atoms with Crippen LogP contribution in [0.4, 0.5) is 5.69 Å². The van der Waals surface area contributed by atoms with Crippen molar-refractivity contribution in [3.05, 3.63) is 54.6 Å². The average Bonchev–Trinajstić information content (AvgIpc) is 3.56. The van der Waals surface area contributed by atoms with E-state index in [0.29, 0.717) is 25.7 Å². The predicted molar refractivity (Wildman–Crippen MR) is 149 cm³/mol. The first kappa shape index (κ1) is 29.0. The molecule has 4 rings (SSSR count). The Morgan fingerprint density at radius 1 is 1.31 bits per heavy atom. The number of aliphatic hydroxyl groups is 1. The maximum Gasteiger partial charge on any atom is 0.312 e. The number of likely N-dealkylation sites (tertiary alicyclic amines) is 1. The number of carbonyl (C=O) groups excluding carboxylic acids is 3. The monoisotopic (exact) mass is 538 g/mol. The molecule has 3 aliphatic rings. The Morgan fingerprint density at radius 3 is 2.69 bits per heavy atom. The minimum Gasteiger partial charge on any atom is -0.465 e. The maximum absolute atomic E-state index is 14.7. The second kappa shape index (κ2) is 11.6. The minimum absolute atomic E-state index is 0.0757. The lowest BCUT2D eigenvalue weighted by molar-refractivity contribution is -0.156. The summed E-state index contributed by atoms with van der Waals surface area (Å²) in [4.78, 5) is 45.5. The van der Waals surface area contributed by atoms with Gasteiger partial charge >= 0.3 is 5.97 Å². The topological polar surface area (TPSA) is 96.4 Å². The predicted octanol–water partition coefficient (Wildman–Crippen LogP) is 3.72. The van der Waals surface area contributed by atoms with Gasteiger partial charge < -0.3 is 24.4 Å². The Bertz CT molecular complexity index is 1130. The van der Waals surface area contributed by atoms with Gasteiger partial charge in [-0.2, -0.15) is 0 Å². The van der Waals surface area contributed by atoms with Crippen molar-refractivity contribution in [2.45, 2.75) is 77.2 Å². The van der Waals surface area contributed by atoms with E-state index in [1.165, 1.54) is 0 Å². The molecule has 8 nitrogen and oxygen atoms in total. The van der Waals surface area contributed by atoms with Gasteiger partial charge in [0.25, 0.3) is 5.91 Å². The van der Waals surface area contributed by atoms with Crippen LogP contribution in [0.5, 0.6) is 0 Å². The van der Waals surface area contributed by atoms with Gasteiger partial charge in [0.1, 0.15) is 11.6 Å². The van der Waals surface area contributed by atoms with Crippen LogP contribution in [0.15, 0.2) is 43.5 Å². The first-order chi connectivity index (χ1) is 18.7. The highest BCUT2D eigenvalue weighted by Gasteiger charge is 2.75. The lowest BCUT2D eigenvalue weighted by Gasteiger charge is -2.41. The van der Waals surface area contributed by atoms with E-state index in [-0.39, 0.29) is 37.5 Å². The quantitative estimate of drug-likeness (QED) is 0.248. The fraction of sp³-hybridized carbons (Fsp3) is 0.581. The smallest absolute Gasteiger partial charge is 0.312 e. The molecule has 0 radical (unpaired) electrons. The second-order valence-corrected chi connectivity index (χ2v) is 11.2. The van der Waals surface area contributed by atoms with Gasteiger partial charge in [-0.3, -0.25) is 14.4 Å². The molecule has 212 valence electrons. The van der Waals surface area contributed by atoms with Crippen molar-refractivity contribution in [2.75, 3.05) is 24.7 Å². The van der Waals surface area contributed by atoms with Gasteiger partial charge in [0.05, 0.1) is 37.2 Å². The molecule has 1 spiro atoms. The fourth-order valence-corrected chi connectivity index (χ4v) is 6.74. The largest absolute Gasteiger partial charge is 0.465 e. The van der Waals surface area contributed by atoms with Crippen molar-refractivity contribution >= 4 is 23.5 Å². The number of fused-ring (bicyclic) bond motifs is 1. The highest BCUT2D eigenvalue weighted by molar-refractivity contribution is 6.05. The summed E-state index contributed by atoms with van der Waals surface area (Å²) < 4.78 is 12.1. The average molecular weight is 539 g/mol. The molecule has 3 aliphatic heterocycles. The van der Waals surface area contributed by atoms with Gasteiger partial charge in [-0.1, -0.05) is 44.6 Å². The lowest BCUT2D eigenvalue weighted by atomic mass is 9.70. The molecule has 2 amide bonds.